The second-order valence-electron chi connectivity index (χ2n) is 6.17. The maximum atomic E-state index is 12.6. The quantitative estimate of drug-likeness (QED) is 0.353. The molecule has 1 heterocycles. The fourth-order valence-electron chi connectivity index (χ4n) is 3.10. The summed E-state index contributed by atoms with van der Waals surface area (Å²) in [6, 6.07) is 4.11. The Morgan fingerprint density at radius 3 is 2.77 bits per heavy atom. The van der Waals surface area contributed by atoms with Gasteiger partial charge in [-0.25, -0.2) is 4.79 Å². The van der Waals surface area contributed by atoms with Crippen LogP contribution < -0.4 is 5.32 Å². The third-order valence-electron chi connectivity index (χ3n) is 4.43. The van der Waals surface area contributed by atoms with E-state index in [1.54, 1.807) is 13.0 Å². The molecule has 0 radical (unpaired) electrons. The van der Waals surface area contributed by atoms with Gasteiger partial charge >= 0.3 is 5.97 Å². The molecule has 1 saturated carbocycles. The molecule has 3 rings (SSSR count). The van der Waals surface area contributed by atoms with E-state index in [1.807, 2.05) is 11.8 Å². The van der Waals surface area contributed by atoms with Gasteiger partial charge in [0.25, 0.3) is 5.69 Å². The molecule has 1 atom stereocenters. The topological polar surface area (TPSA) is 84.7 Å². The summed E-state index contributed by atoms with van der Waals surface area (Å²) >= 11 is 11.4. The maximum Gasteiger partial charge on any atom is 0.338 e. The number of nitrogens with zero attached hydrogens (tertiary/aromatic N) is 2. The van der Waals surface area contributed by atoms with E-state index in [2.05, 4.69) is 5.32 Å². The van der Waals surface area contributed by atoms with Crippen LogP contribution in [-0.4, -0.2) is 33.6 Å². The number of nitro groups is 1. The largest absolute Gasteiger partial charge is 0.463 e. The lowest BCUT2D eigenvalue weighted by atomic mass is 9.94. The summed E-state index contributed by atoms with van der Waals surface area (Å²) in [5.41, 5.74) is 1.44. The summed E-state index contributed by atoms with van der Waals surface area (Å²) < 4.78 is 5.22. The molecule has 1 fully saturated rings. The summed E-state index contributed by atoms with van der Waals surface area (Å²) in [4.78, 5) is 25.2. The van der Waals surface area contributed by atoms with Crippen molar-refractivity contribution in [1.29, 1.82) is 0 Å². The van der Waals surface area contributed by atoms with Crippen LogP contribution in [0.4, 0.5) is 5.69 Å². The monoisotopic (exact) mass is 395 g/mol. The van der Waals surface area contributed by atoms with Gasteiger partial charge in [0.2, 0.25) is 0 Å². The third kappa shape index (κ3) is 3.39. The van der Waals surface area contributed by atoms with E-state index in [4.69, 9.17) is 28.6 Å². The molecule has 0 spiro atoms. The summed E-state index contributed by atoms with van der Waals surface area (Å²) in [7, 11) is 0. The number of hydrogen-bond acceptors (Lipinski definition) is 5. The van der Waals surface area contributed by atoms with Gasteiger partial charge in [-0.05, 0) is 50.5 Å². The molecule has 26 heavy (non-hydrogen) atoms. The minimum atomic E-state index is -0.632. The Balaban J connectivity index is 2.09. The highest BCUT2D eigenvalue weighted by Gasteiger charge is 2.41. The lowest BCUT2D eigenvalue weighted by molar-refractivity contribution is -0.384. The first-order valence-corrected chi connectivity index (χ1v) is 9.05. The van der Waals surface area contributed by atoms with Crippen LogP contribution in [0.2, 0.25) is 5.02 Å². The number of rotatable bonds is 5. The Labute approximate surface area is 161 Å². The van der Waals surface area contributed by atoms with Crippen LogP contribution in [0, 0.1) is 10.1 Å². The van der Waals surface area contributed by atoms with Gasteiger partial charge in [-0.1, -0.05) is 17.7 Å². The Morgan fingerprint density at radius 2 is 2.19 bits per heavy atom. The minimum Gasteiger partial charge on any atom is -0.463 e. The van der Waals surface area contributed by atoms with Gasteiger partial charge in [0, 0.05) is 17.8 Å². The molecule has 1 N–H and O–H groups in total. The molecule has 7 nitrogen and oxygen atoms in total. The fraction of sp³-hybridized carbons (Fsp3) is 0.412. The minimum absolute atomic E-state index is 0.0372. The molecular formula is C17H18ClN3O4S. The van der Waals surface area contributed by atoms with Crippen molar-refractivity contribution in [3.8, 4) is 0 Å². The molecule has 0 aromatic heterocycles. The summed E-state index contributed by atoms with van der Waals surface area (Å²) in [6.45, 7) is 3.79. The molecular weight excluding hydrogens is 378 g/mol. The average Bonchev–Trinajstić information content (AvgIpc) is 3.39. The van der Waals surface area contributed by atoms with Crippen molar-refractivity contribution in [1.82, 2.24) is 10.2 Å². The lowest BCUT2D eigenvalue weighted by Crippen LogP contribution is -2.48. The first-order valence-electron chi connectivity index (χ1n) is 8.26. The molecule has 0 bridgehead atoms. The molecule has 1 aliphatic heterocycles. The molecule has 1 aromatic rings. The zero-order valence-corrected chi connectivity index (χ0v) is 15.9. The van der Waals surface area contributed by atoms with Crippen molar-refractivity contribution in [2.75, 3.05) is 6.61 Å². The van der Waals surface area contributed by atoms with E-state index >= 15 is 0 Å². The van der Waals surface area contributed by atoms with E-state index in [-0.39, 0.29) is 23.4 Å². The number of esters is 1. The predicted octanol–water partition coefficient (Wildman–Crippen LogP) is 3.48. The van der Waals surface area contributed by atoms with Crippen molar-refractivity contribution >= 4 is 40.6 Å². The van der Waals surface area contributed by atoms with Crippen LogP contribution >= 0.6 is 23.8 Å². The van der Waals surface area contributed by atoms with Crippen molar-refractivity contribution in [2.45, 2.75) is 38.8 Å². The van der Waals surface area contributed by atoms with Gasteiger partial charge < -0.3 is 15.0 Å². The number of ether oxygens (including phenoxy) is 1. The normalized spacial score (nSPS) is 20.0. The fourth-order valence-corrected chi connectivity index (χ4v) is 3.69. The van der Waals surface area contributed by atoms with Crippen LogP contribution in [-0.2, 0) is 9.53 Å². The van der Waals surface area contributed by atoms with E-state index in [9.17, 15) is 14.9 Å². The number of nitrogens with one attached hydrogen (secondary N) is 1. The van der Waals surface area contributed by atoms with Crippen molar-refractivity contribution in [2.24, 2.45) is 0 Å². The highest BCUT2D eigenvalue weighted by atomic mass is 35.5. The molecule has 1 aliphatic carbocycles. The number of allylic oxidation sites excluding steroid dienone is 1. The van der Waals surface area contributed by atoms with Crippen LogP contribution in [0.3, 0.4) is 0 Å². The van der Waals surface area contributed by atoms with E-state index in [1.165, 1.54) is 12.1 Å². The Morgan fingerprint density at radius 1 is 1.50 bits per heavy atom. The molecule has 2 aliphatic rings. The van der Waals surface area contributed by atoms with Crippen LogP contribution in [0.1, 0.15) is 38.3 Å². The summed E-state index contributed by atoms with van der Waals surface area (Å²) in [5, 5.41) is 14.9. The SMILES string of the molecule is CCOC(=O)C1=C(C)N(C2CC2)C(=S)N[C@H]1c1ccc(Cl)c([N+](=O)[O-])c1. The predicted molar refractivity (Wildman–Crippen MR) is 101 cm³/mol. The highest BCUT2D eigenvalue weighted by molar-refractivity contribution is 7.80. The lowest BCUT2D eigenvalue weighted by Gasteiger charge is -2.37. The van der Waals surface area contributed by atoms with Gasteiger partial charge in [-0.15, -0.1) is 0 Å². The van der Waals surface area contributed by atoms with E-state index < -0.39 is 16.9 Å². The number of halogens is 1. The van der Waals surface area contributed by atoms with Gasteiger partial charge in [0.1, 0.15) is 5.02 Å². The van der Waals surface area contributed by atoms with Crippen LogP contribution in [0.25, 0.3) is 0 Å². The number of hydrogen-bond donors (Lipinski definition) is 1. The van der Waals surface area contributed by atoms with E-state index in [0.717, 1.165) is 18.5 Å². The Kier molecular flexibility index (Phi) is 5.15. The molecule has 1 aromatic carbocycles. The molecule has 9 heteroatoms. The first kappa shape index (κ1) is 18.6. The molecule has 0 amide bonds. The standard InChI is InChI=1S/C17H18ClN3O4S/c1-3-25-16(22)14-9(2)20(11-5-6-11)17(26)19-15(14)10-4-7-12(18)13(8-10)21(23)24/h4,7-8,11,15H,3,5-6H2,1-2H3,(H,19,26)/t15-/m0/s1. The van der Waals surface area contributed by atoms with Gasteiger partial charge in [-0.3, -0.25) is 10.1 Å². The first-order chi connectivity index (χ1) is 12.3. The second-order valence-corrected chi connectivity index (χ2v) is 6.97. The maximum absolute atomic E-state index is 12.6. The number of carbonyl (C=O) groups excluding carboxylic acids is 1. The molecule has 138 valence electrons. The zero-order chi connectivity index (χ0) is 19.0. The van der Waals surface area contributed by atoms with Gasteiger partial charge in [0.05, 0.1) is 23.1 Å². The van der Waals surface area contributed by atoms with E-state index in [0.29, 0.717) is 16.2 Å². The van der Waals surface area contributed by atoms with Crippen molar-refractivity contribution in [3.05, 3.63) is 50.2 Å². The van der Waals surface area contributed by atoms with Crippen LogP contribution in [0.5, 0.6) is 0 Å². The Bertz CT molecular complexity index is 822. The van der Waals surface area contributed by atoms with Crippen molar-refractivity contribution in [3.63, 3.8) is 0 Å². The summed E-state index contributed by atoms with van der Waals surface area (Å²) in [5.74, 6) is -0.465. The Hall–Kier alpha value is -2.19. The summed E-state index contributed by atoms with van der Waals surface area (Å²) in [6.07, 6.45) is 2.01. The highest BCUT2D eigenvalue weighted by Crippen LogP contribution is 2.39. The number of nitro benzene ring substituents is 1. The van der Waals surface area contributed by atoms with Crippen LogP contribution in [0.15, 0.2) is 29.5 Å². The third-order valence-corrected chi connectivity index (χ3v) is 5.07. The smallest absolute Gasteiger partial charge is 0.338 e. The van der Waals surface area contributed by atoms with Gasteiger partial charge in [-0.2, -0.15) is 0 Å². The number of carbonyl (C=O) groups is 1. The number of benzene rings is 1. The molecule has 0 saturated heterocycles. The van der Waals surface area contributed by atoms with Gasteiger partial charge in [0.15, 0.2) is 5.11 Å². The van der Waals surface area contributed by atoms with Crippen molar-refractivity contribution < 1.29 is 14.5 Å². The second kappa shape index (κ2) is 7.20. The molecule has 0 unspecified atom stereocenters. The average molecular weight is 396 g/mol. The number of thiocarbonyl (C=S) groups is 1. The zero-order valence-electron chi connectivity index (χ0n) is 14.3.